The van der Waals surface area contributed by atoms with Crippen molar-refractivity contribution in [1.82, 2.24) is 15.5 Å². The zero-order chi connectivity index (χ0) is 19.6. The summed E-state index contributed by atoms with van der Waals surface area (Å²) in [7, 11) is 3.29. The molecule has 0 heterocycles. The van der Waals surface area contributed by atoms with Crippen molar-refractivity contribution in [2.75, 3.05) is 33.8 Å². The lowest BCUT2D eigenvalue weighted by Crippen LogP contribution is -2.38. The van der Waals surface area contributed by atoms with Crippen molar-refractivity contribution in [2.45, 2.75) is 26.1 Å². The van der Waals surface area contributed by atoms with E-state index >= 15 is 0 Å². The van der Waals surface area contributed by atoms with Gasteiger partial charge in [0.25, 0.3) is 5.91 Å². The number of hydrogen-bond donors (Lipinski definition) is 2. The van der Waals surface area contributed by atoms with Crippen molar-refractivity contribution < 1.29 is 22.7 Å². The molecule has 9 heteroatoms. The van der Waals surface area contributed by atoms with Gasteiger partial charge in [0.05, 0.1) is 13.0 Å². The number of amides is 1. The Bertz CT molecular complexity index is 604. The van der Waals surface area contributed by atoms with E-state index in [9.17, 15) is 18.0 Å². The van der Waals surface area contributed by atoms with Crippen LogP contribution in [0.5, 0.6) is 5.75 Å². The molecule has 0 bridgehead atoms. The fourth-order valence-corrected chi connectivity index (χ4v) is 1.84. The maximum Gasteiger partial charge on any atom is 0.390 e. The van der Waals surface area contributed by atoms with Crippen LogP contribution < -0.4 is 15.4 Å². The molecular weight excluding hydrogens is 349 g/mol. The Morgan fingerprint density at radius 2 is 2.00 bits per heavy atom. The Hall–Kier alpha value is -2.45. The lowest BCUT2D eigenvalue weighted by molar-refractivity contribution is -0.133. The highest BCUT2D eigenvalue weighted by molar-refractivity contribution is 5.79. The molecule has 0 radical (unpaired) electrons. The van der Waals surface area contributed by atoms with E-state index in [1.54, 1.807) is 32.3 Å². The number of guanidine groups is 1. The summed E-state index contributed by atoms with van der Waals surface area (Å²) in [5.74, 6) is 0.686. The van der Waals surface area contributed by atoms with Gasteiger partial charge in [0.2, 0.25) is 0 Å². The van der Waals surface area contributed by atoms with Gasteiger partial charge in [0, 0.05) is 27.2 Å². The number of rotatable bonds is 8. The number of alkyl halides is 3. The van der Waals surface area contributed by atoms with E-state index in [0.29, 0.717) is 18.3 Å². The van der Waals surface area contributed by atoms with Gasteiger partial charge in [-0.1, -0.05) is 12.1 Å². The number of benzene rings is 1. The zero-order valence-corrected chi connectivity index (χ0v) is 15.2. The first-order valence-corrected chi connectivity index (χ1v) is 8.22. The first-order valence-electron chi connectivity index (χ1n) is 8.22. The molecule has 1 amide bonds. The van der Waals surface area contributed by atoms with E-state index in [4.69, 9.17) is 4.74 Å². The van der Waals surface area contributed by atoms with Crippen LogP contribution in [-0.4, -0.2) is 56.7 Å². The average molecular weight is 374 g/mol. The molecule has 0 aromatic heterocycles. The highest BCUT2D eigenvalue weighted by atomic mass is 19.4. The van der Waals surface area contributed by atoms with Gasteiger partial charge >= 0.3 is 6.18 Å². The van der Waals surface area contributed by atoms with Gasteiger partial charge < -0.3 is 20.3 Å². The zero-order valence-electron chi connectivity index (χ0n) is 15.2. The monoisotopic (exact) mass is 374 g/mol. The second-order valence-electron chi connectivity index (χ2n) is 5.71. The Kier molecular flexibility index (Phi) is 8.74. The van der Waals surface area contributed by atoms with Crippen molar-refractivity contribution in [3.63, 3.8) is 0 Å². The smallest absolute Gasteiger partial charge is 0.390 e. The summed E-state index contributed by atoms with van der Waals surface area (Å²) < 4.78 is 42.1. The van der Waals surface area contributed by atoms with E-state index in [1.807, 2.05) is 13.0 Å². The molecule has 1 rings (SSSR count). The highest BCUT2D eigenvalue weighted by Crippen LogP contribution is 2.18. The maximum absolute atomic E-state index is 12.2. The second kappa shape index (κ2) is 10.5. The average Bonchev–Trinajstić information content (AvgIpc) is 2.56. The topological polar surface area (TPSA) is 66.0 Å². The molecular formula is C17H25F3N4O2. The maximum atomic E-state index is 12.2. The normalized spacial score (nSPS) is 11.8. The largest absolute Gasteiger partial charge is 0.484 e. The summed E-state index contributed by atoms with van der Waals surface area (Å²) in [6, 6.07) is 7.06. The Labute approximate surface area is 151 Å². The molecule has 0 saturated carbocycles. The standard InChI is InChI=1S/C17H25F3N4O2/c1-4-21-16(22-9-8-17(18,19)20)23-11-13-6-5-7-14(10-13)26-12-15(25)24(2)3/h5-7,10H,4,8-9,11-12H2,1-3H3,(H2,21,22,23). The van der Waals surface area contributed by atoms with E-state index in [2.05, 4.69) is 15.6 Å². The molecule has 146 valence electrons. The van der Waals surface area contributed by atoms with Crippen molar-refractivity contribution in [3.05, 3.63) is 29.8 Å². The predicted molar refractivity (Wildman–Crippen MR) is 94.1 cm³/mol. The number of carbonyl (C=O) groups is 1. The van der Waals surface area contributed by atoms with Crippen LogP contribution in [0.4, 0.5) is 13.2 Å². The van der Waals surface area contributed by atoms with Crippen LogP contribution in [0.3, 0.4) is 0 Å². The Morgan fingerprint density at radius 1 is 1.27 bits per heavy atom. The molecule has 0 unspecified atom stereocenters. The van der Waals surface area contributed by atoms with Crippen molar-refractivity contribution >= 4 is 11.9 Å². The fourth-order valence-electron chi connectivity index (χ4n) is 1.84. The van der Waals surface area contributed by atoms with Gasteiger partial charge in [-0.15, -0.1) is 0 Å². The molecule has 0 aliphatic carbocycles. The number of aliphatic imine (C=N–C) groups is 1. The minimum Gasteiger partial charge on any atom is -0.484 e. The van der Waals surface area contributed by atoms with Crippen LogP contribution in [-0.2, 0) is 11.3 Å². The molecule has 0 aliphatic heterocycles. The van der Waals surface area contributed by atoms with Crippen LogP contribution in [0, 0.1) is 0 Å². The Morgan fingerprint density at radius 3 is 2.62 bits per heavy atom. The molecule has 0 spiro atoms. The van der Waals surface area contributed by atoms with Gasteiger partial charge in [0.15, 0.2) is 12.6 Å². The lowest BCUT2D eigenvalue weighted by atomic mass is 10.2. The number of halogens is 3. The lowest BCUT2D eigenvalue weighted by Gasteiger charge is -2.13. The number of hydrogen-bond acceptors (Lipinski definition) is 3. The first kappa shape index (κ1) is 21.6. The molecule has 1 aromatic rings. The molecule has 0 aliphatic rings. The van der Waals surface area contributed by atoms with Gasteiger partial charge in [-0.05, 0) is 24.6 Å². The minimum absolute atomic E-state index is 0.0681. The molecule has 6 nitrogen and oxygen atoms in total. The summed E-state index contributed by atoms with van der Waals surface area (Å²) >= 11 is 0. The quantitative estimate of drug-likeness (QED) is 0.541. The third-order valence-corrected chi connectivity index (χ3v) is 3.22. The van der Waals surface area contributed by atoms with Crippen LogP contribution in [0.2, 0.25) is 0 Å². The summed E-state index contributed by atoms with van der Waals surface area (Å²) in [6.07, 6.45) is -5.14. The predicted octanol–water partition coefficient (Wildman–Crippen LogP) is 2.16. The van der Waals surface area contributed by atoms with Crippen molar-refractivity contribution in [2.24, 2.45) is 4.99 Å². The number of nitrogens with zero attached hydrogens (tertiary/aromatic N) is 2. The van der Waals surface area contributed by atoms with Gasteiger partial charge in [0.1, 0.15) is 5.75 Å². The Balaban J connectivity index is 2.62. The van der Waals surface area contributed by atoms with Crippen LogP contribution >= 0.6 is 0 Å². The summed E-state index contributed by atoms with van der Waals surface area (Å²) in [5.41, 5.74) is 0.813. The van der Waals surface area contributed by atoms with E-state index in [0.717, 1.165) is 5.56 Å². The molecule has 1 aromatic carbocycles. The highest BCUT2D eigenvalue weighted by Gasteiger charge is 2.26. The van der Waals surface area contributed by atoms with Crippen LogP contribution in [0.1, 0.15) is 18.9 Å². The van der Waals surface area contributed by atoms with E-state index in [-0.39, 0.29) is 25.6 Å². The van der Waals surface area contributed by atoms with Crippen LogP contribution in [0.15, 0.2) is 29.3 Å². The molecule has 0 saturated heterocycles. The minimum atomic E-state index is -4.21. The van der Waals surface area contributed by atoms with Crippen molar-refractivity contribution in [3.8, 4) is 5.75 Å². The van der Waals surface area contributed by atoms with Crippen molar-refractivity contribution in [1.29, 1.82) is 0 Å². The third kappa shape index (κ3) is 9.14. The van der Waals surface area contributed by atoms with E-state index in [1.165, 1.54) is 4.90 Å². The van der Waals surface area contributed by atoms with Gasteiger partial charge in [-0.2, -0.15) is 13.2 Å². The number of carbonyl (C=O) groups excluding carboxylic acids is 1. The van der Waals surface area contributed by atoms with Crippen LogP contribution in [0.25, 0.3) is 0 Å². The number of likely N-dealkylation sites (N-methyl/N-ethyl adjacent to an activating group) is 1. The second-order valence-corrected chi connectivity index (χ2v) is 5.71. The molecule has 26 heavy (non-hydrogen) atoms. The molecule has 2 N–H and O–H groups in total. The molecule has 0 atom stereocenters. The molecule has 0 fully saturated rings. The van der Waals surface area contributed by atoms with E-state index < -0.39 is 12.6 Å². The third-order valence-electron chi connectivity index (χ3n) is 3.22. The summed E-state index contributed by atoms with van der Waals surface area (Å²) in [5, 5.41) is 5.55. The summed E-state index contributed by atoms with van der Waals surface area (Å²) in [4.78, 5) is 17.2. The van der Waals surface area contributed by atoms with Gasteiger partial charge in [-0.3, -0.25) is 4.79 Å². The first-order chi connectivity index (χ1) is 12.2. The summed E-state index contributed by atoms with van der Waals surface area (Å²) in [6.45, 7) is 2.32. The SMILES string of the molecule is CCNC(=NCc1cccc(OCC(=O)N(C)C)c1)NCCC(F)(F)F. The number of nitrogens with one attached hydrogen (secondary N) is 2. The van der Waals surface area contributed by atoms with Gasteiger partial charge in [-0.25, -0.2) is 4.99 Å². The fraction of sp³-hybridized carbons (Fsp3) is 0.529. The number of ether oxygens (including phenoxy) is 1.